The molecule has 28 heavy (non-hydrogen) atoms. The first-order chi connectivity index (χ1) is 13.3. The Hall–Kier alpha value is -2.98. The van der Waals surface area contributed by atoms with Crippen molar-refractivity contribution >= 4 is 55.7 Å². The third kappa shape index (κ3) is 3.10. The number of thiazole rings is 1. The molecule has 144 valence electrons. The van der Waals surface area contributed by atoms with Crippen molar-refractivity contribution < 1.29 is 4.79 Å². The number of benzene rings is 1. The van der Waals surface area contributed by atoms with Crippen LogP contribution in [0.15, 0.2) is 29.3 Å². The van der Waals surface area contributed by atoms with Crippen LogP contribution >= 0.6 is 22.9 Å². The second-order valence-electron chi connectivity index (χ2n) is 6.38. The Bertz CT molecular complexity index is 1270. The summed E-state index contributed by atoms with van der Waals surface area (Å²) < 4.78 is 3.12. The van der Waals surface area contributed by atoms with Gasteiger partial charge in [0.15, 0.2) is 16.4 Å². The van der Waals surface area contributed by atoms with Gasteiger partial charge in [-0.25, -0.2) is 18.9 Å². The van der Waals surface area contributed by atoms with Crippen LogP contribution in [0, 0.1) is 6.92 Å². The Labute approximate surface area is 168 Å². The molecule has 9 nitrogen and oxygen atoms in total. The number of halogens is 1. The Kier molecular flexibility index (Phi) is 4.52. The summed E-state index contributed by atoms with van der Waals surface area (Å²) in [4.78, 5) is 35.5. The minimum Gasteiger partial charge on any atom is -0.354 e. The van der Waals surface area contributed by atoms with Crippen LogP contribution in [0.1, 0.15) is 5.56 Å². The molecule has 0 bridgehead atoms. The molecule has 0 radical (unpaired) electrons. The second kappa shape index (κ2) is 6.88. The van der Waals surface area contributed by atoms with Gasteiger partial charge in [0.25, 0.3) is 0 Å². The predicted octanol–water partition coefficient (Wildman–Crippen LogP) is 2.17. The van der Waals surface area contributed by atoms with E-state index in [0.29, 0.717) is 26.7 Å². The molecule has 11 heteroatoms. The maximum atomic E-state index is 12.6. The molecule has 3 aromatic heterocycles. The lowest BCUT2D eigenvalue weighted by Crippen LogP contribution is -2.28. The standard InChI is InChI=1S/C17H16ClN7O2S/c1-9-10(18)5-4-6-11(9)20-12(26)7-25-17(27)24-8-19-14-13(15(24)22-25)28-16(21-14)23(2)3/h4-6,8H,7H2,1-3H3,(H,20,26). The zero-order chi connectivity index (χ0) is 20.0. The lowest BCUT2D eigenvalue weighted by atomic mass is 10.2. The molecule has 0 unspecified atom stereocenters. The number of hydrogen-bond acceptors (Lipinski definition) is 7. The van der Waals surface area contributed by atoms with E-state index in [2.05, 4.69) is 20.4 Å². The number of nitrogens with zero attached hydrogens (tertiary/aromatic N) is 6. The second-order valence-corrected chi connectivity index (χ2v) is 7.77. The zero-order valence-electron chi connectivity index (χ0n) is 15.3. The van der Waals surface area contributed by atoms with Crippen LogP contribution in [-0.2, 0) is 11.3 Å². The fraction of sp³-hybridized carbons (Fsp3) is 0.235. The van der Waals surface area contributed by atoms with Gasteiger partial charge >= 0.3 is 5.69 Å². The predicted molar refractivity (Wildman–Crippen MR) is 110 cm³/mol. The maximum Gasteiger partial charge on any atom is 0.352 e. The normalized spacial score (nSPS) is 11.3. The number of aromatic nitrogens is 5. The topological polar surface area (TPSA) is 97.4 Å². The van der Waals surface area contributed by atoms with Crippen molar-refractivity contribution in [1.29, 1.82) is 0 Å². The Morgan fingerprint density at radius 1 is 1.36 bits per heavy atom. The summed E-state index contributed by atoms with van der Waals surface area (Å²) in [6, 6.07) is 5.24. The van der Waals surface area contributed by atoms with Gasteiger partial charge in [0.1, 0.15) is 17.6 Å². The molecular formula is C17H16ClN7O2S. The number of carbonyl (C=O) groups excluding carboxylic acids is 1. The average molecular weight is 418 g/mol. The summed E-state index contributed by atoms with van der Waals surface area (Å²) in [7, 11) is 3.75. The lowest BCUT2D eigenvalue weighted by Gasteiger charge is -2.08. The van der Waals surface area contributed by atoms with Gasteiger partial charge in [0.2, 0.25) is 5.91 Å². The van der Waals surface area contributed by atoms with E-state index in [1.54, 1.807) is 18.2 Å². The largest absolute Gasteiger partial charge is 0.354 e. The van der Waals surface area contributed by atoms with E-state index in [0.717, 1.165) is 15.4 Å². The number of anilines is 2. The average Bonchev–Trinajstić information content (AvgIpc) is 3.21. The minimum absolute atomic E-state index is 0.229. The van der Waals surface area contributed by atoms with Crippen molar-refractivity contribution in [3.05, 3.63) is 45.6 Å². The number of rotatable bonds is 4. The van der Waals surface area contributed by atoms with Crippen molar-refractivity contribution in [3.63, 3.8) is 0 Å². The molecule has 0 saturated carbocycles. The van der Waals surface area contributed by atoms with Crippen molar-refractivity contribution in [1.82, 2.24) is 24.1 Å². The summed E-state index contributed by atoms with van der Waals surface area (Å²) in [6.07, 6.45) is 1.38. The summed E-state index contributed by atoms with van der Waals surface area (Å²) >= 11 is 7.46. The fourth-order valence-electron chi connectivity index (χ4n) is 2.69. The van der Waals surface area contributed by atoms with Crippen LogP contribution < -0.4 is 15.9 Å². The third-order valence-corrected chi connectivity index (χ3v) is 5.80. The van der Waals surface area contributed by atoms with E-state index in [1.165, 1.54) is 22.1 Å². The summed E-state index contributed by atoms with van der Waals surface area (Å²) in [5.74, 6) is -0.377. The van der Waals surface area contributed by atoms with Gasteiger partial charge in [-0.15, -0.1) is 5.10 Å². The molecule has 0 saturated heterocycles. The number of hydrogen-bond donors (Lipinski definition) is 1. The molecule has 1 N–H and O–H groups in total. The molecule has 0 spiro atoms. The van der Waals surface area contributed by atoms with Crippen LogP contribution in [0.2, 0.25) is 5.02 Å². The number of fused-ring (bicyclic) bond motifs is 3. The first-order valence-corrected chi connectivity index (χ1v) is 9.51. The van der Waals surface area contributed by atoms with E-state index in [4.69, 9.17) is 11.6 Å². The van der Waals surface area contributed by atoms with Crippen molar-refractivity contribution in [2.24, 2.45) is 0 Å². The zero-order valence-corrected chi connectivity index (χ0v) is 16.9. The van der Waals surface area contributed by atoms with E-state index in [-0.39, 0.29) is 12.5 Å². The maximum absolute atomic E-state index is 12.6. The van der Waals surface area contributed by atoms with Gasteiger partial charge in [-0.3, -0.25) is 4.79 Å². The molecule has 4 aromatic rings. The van der Waals surface area contributed by atoms with Crippen molar-refractivity contribution in [2.75, 3.05) is 24.3 Å². The van der Waals surface area contributed by atoms with Gasteiger partial charge in [0, 0.05) is 24.8 Å². The molecule has 4 rings (SSSR count). The number of carbonyl (C=O) groups is 1. The lowest BCUT2D eigenvalue weighted by molar-refractivity contribution is -0.117. The van der Waals surface area contributed by atoms with E-state index >= 15 is 0 Å². The third-order valence-electron chi connectivity index (χ3n) is 4.18. The molecule has 0 aliphatic carbocycles. The van der Waals surface area contributed by atoms with Crippen LogP contribution in [0.25, 0.3) is 16.0 Å². The van der Waals surface area contributed by atoms with Crippen LogP contribution in [0.5, 0.6) is 0 Å². The Morgan fingerprint density at radius 2 is 2.14 bits per heavy atom. The van der Waals surface area contributed by atoms with E-state index in [9.17, 15) is 9.59 Å². The highest BCUT2D eigenvalue weighted by atomic mass is 35.5. The molecule has 3 heterocycles. The SMILES string of the molecule is Cc1c(Cl)cccc1NC(=O)Cn1nc2c3sc(N(C)C)nc3ncn2c1=O. The smallest absolute Gasteiger partial charge is 0.352 e. The number of amides is 1. The molecular weight excluding hydrogens is 402 g/mol. The van der Waals surface area contributed by atoms with Gasteiger partial charge < -0.3 is 10.2 Å². The van der Waals surface area contributed by atoms with Crippen LogP contribution in [-0.4, -0.2) is 44.2 Å². The quantitative estimate of drug-likeness (QED) is 0.546. The van der Waals surface area contributed by atoms with Crippen LogP contribution in [0.3, 0.4) is 0 Å². The molecule has 0 aliphatic heterocycles. The summed E-state index contributed by atoms with van der Waals surface area (Å²) in [5, 5.41) is 8.40. The van der Waals surface area contributed by atoms with Gasteiger partial charge in [-0.2, -0.15) is 4.98 Å². The first-order valence-electron chi connectivity index (χ1n) is 8.32. The van der Waals surface area contributed by atoms with E-state index < -0.39 is 5.69 Å². The first kappa shape index (κ1) is 18.4. The molecule has 0 aliphatic rings. The summed E-state index contributed by atoms with van der Waals surface area (Å²) in [6.45, 7) is 1.58. The molecule has 0 fully saturated rings. The summed E-state index contributed by atoms with van der Waals surface area (Å²) in [5.41, 5.74) is 1.84. The van der Waals surface area contributed by atoms with Gasteiger partial charge in [-0.05, 0) is 24.6 Å². The molecule has 1 aromatic carbocycles. The highest BCUT2D eigenvalue weighted by Gasteiger charge is 2.17. The fourth-order valence-corrected chi connectivity index (χ4v) is 3.78. The van der Waals surface area contributed by atoms with Crippen molar-refractivity contribution in [2.45, 2.75) is 13.5 Å². The monoisotopic (exact) mass is 417 g/mol. The molecule has 0 atom stereocenters. The van der Waals surface area contributed by atoms with Gasteiger partial charge in [0.05, 0.1) is 0 Å². The van der Waals surface area contributed by atoms with E-state index in [1.807, 2.05) is 25.9 Å². The van der Waals surface area contributed by atoms with Crippen LogP contribution in [0.4, 0.5) is 10.8 Å². The highest BCUT2D eigenvalue weighted by Crippen LogP contribution is 2.28. The Balaban J connectivity index is 1.68. The Morgan fingerprint density at radius 3 is 2.89 bits per heavy atom. The highest BCUT2D eigenvalue weighted by molar-refractivity contribution is 7.22. The minimum atomic E-state index is -0.442. The van der Waals surface area contributed by atoms with Crippen molar-refractivity contribution in [3.8, 4) is 0 Å². The molecule has 1 amide bonds. The van der Waals surface area contributed by atoms with Gasteiger partial charge in [-0.1, -0.05) is 29.0 Å². The number of nitrogens with one attached hydrogen (secondary N) is 1.